The SMILES string of the molecule is Cc1ccc(-n2cc3c(c(C(=O)NCCN4CCC(C)CC4)c2=O)CC(C)(C)CC3=O)cc1. The molecule has 1 aliphatic carbocycles. The van der Waals surface area contributed by atoms with Gasteiger partial charge in [-0.3, -0.25) is 19.0 Å². The van der Waals surface area contributed by atoms with Gasteiger partial charge in [0.15, 0.2) is 5.78 Å². The Morgan fingerprint density at radius 3 is 2.42 bits per heavy atom. The summed E-state index contributed by atoms with van der Waals surface area (Å²) in [4.78, 5) is 42.3. The minimum atomic E-state index is -0.381. The number of Topliss-reactive ketones (excluding diaryl/α,β-unsaturated/α-hetero) is 1. The molecule has 0 bridgehead atoms. The molecule has 1 aromatic carbocycles. The standard InChI is InChI=1S/C27H35N3O3/c1-18-5-7-20(8-6-18)30-17-22-21(15-27(3,4)16-23(22)31)24(26(30)33)25(32)28-11-14-29-12-9-19(2)10-13-29/h5-8,17,19H,9-16H2,1-4H3,(H,28,32). The van der Waals surface area contributed by atoms with Crippen LogP contribution in [-0.2, 0) is 6.42 Å². The summed E-state index contributed by atoms with van der Waals surface area (Å²) < 4.78 is 1.45. The Hall–Kier alpha value is -2.73. The van der Waals surface area contributed by atoms with Crippen molar-refractivity contribution in [1.82, 2.24) is 14.8 Å². The van der Waals surface area contributed by atoms with Gasteiger partial charge in [0.25, 0.3) is 11.5 Å². The van der Waals surface area contributed by atoms with Gasteiger partial charge in [0, 0.05) is 37.0 Å². The Morgan fingerprint density at radius 2 is 1.76 bits per heavy atom. The van der Waals surface area contributed by atoms with E-state index >= 15 is 0 Å². The molecule has 2 heterocycles. The number of nitrogens with zero attached hydrogens (tertiary/aromatic N) is 2. The lowest BCUT2D eigenvalue weighted by Gasteiger charge is -2.32. The fourth-order valence-corrected chi connectivity index (χ4v) is 4.98. The molecule has 2 aliphatic rings. The molecule has 4 rings (SSSR count). The number of amides is 1. The first kappa shape index (κ1) is 23.4. The molecule has 33 heavy (non-hydrogen) atoms. The minimum absolute atomic E-state index is 0.0152. The Kier molecular flexibility index (Phi) is 6.57. The van der Waals surface area contributed by atoms with E-state index in [-0.39, 0.29) is 28.2 Å². The van der Waals surface area contributed by atoms with Crippen molar-refractivity contribution in [3.05, 3.63) is 63.1 Å². The number of pyridine rings is 1. The summed E-state index contributed by atoms with van der Waals surface area (Å²) in [6.45, 7) is 11.6. The number of hydrogen-bond acceptors (Lipinski definition) is 4. The second kappa shape index (κ2) is 9.26. The number of rotatable bonds is 5. The normalized spacial score (nSPS) is 18.7. The first-order valence-corrected chi connectivity index (χ1v) is 12.0. The molecular formula is C27H35N3O3. The van der Waals surface area contributed by atoms with Gasteiger partial charge in [-0.2, -0.15) is 0 Å². The number of likely N-dealkylation sites (tertiary alicyclic amines) is 1. The van der Waals surface area contributed by atoms with Crippen LogP contribution < -0.4 is 10.9 Å². The highest BCUT2D eigenvalue weighted by atomic mass is 16.2. The third-order valence-electron chi connectivity index (χ3n) is 7.04. The summed E-state index contributed by atoms with van der Waals surface area (Å²) >= 11 is 0. The molecule has 0 radical (unpaired) electrons. The van der Waals surface area contributed by atoms with E-state index in [4.69, 9.17) is 0 Å². The van der Waals surface area contributed by atoms with Crippen LogP contribution in [0, 0.1) is 18.3 Å². The molecule has 0 spiro atoms. The van der Waals surface area contributed by atoms with E-state index in [1.165, 1.54) is 17.4 Å². The number of nitrogens with one attached hydrogen (secondary N) is 1. The predicted octanol–water partition coefficient (Wildman–Crippen LogP) is 3.76. The van der Waals surface area contributed by atoms with Crippen molar-refractivity contribution in [3.8, 4) is 5.69 Å². The smallest absolute Gasteiger partial charge is 0.268 e. The number of aromatic nitrogens is 1. The predicted molar refractivity (Wildman–Crippen MR) is 130 cm³/mol. The molecule has 1 aliphatic heterocycles. The summed E-state index contributed by atoms with van der Waals surface area (Å²) in [5.41, 5.74) is 2.27. The van der Waals surface area contributed by atoms with Crippen molar-refractivity contribution in [1.29, 1.82) is 0 Å². The number of ketones is 1. The molecule has 2 aromatic rings. The zero-order valence-corrected chi connectivity index (χ0v) is 20.2. The summed E-state index contributed by atoms with van der Waals surface area (Å²) in [5, 5.41) is 2.97. The summed E-state index contributed by atoms with van der Waals surface area (Å²) in [6.07, 6.45) is 4.92. The van der Waals surface area contributed by atoms with Gasteiger partial charge in [0.05, 0.1) is 0 Å². The van der Waals surface area contributed by atoms with Crippen molar-refractivity contribution in [2.45, 2.75) is 53.4 Å². The van der Waals surface area contributed by atoms with E-state index in [0.29, 0.717) is 36.2 Å². The van der Waals surface area contributed by atoms with Gasteiger partial charge < -0.3 is 10.2 Å². The van der Waals surface area contributed by atoms with Crippen LogP contribution in [0.25, 0.3) is 5.69 Å². The Morgan fingerprint density at radius 1 is 1.09 bits per heavy atom. The van der Waals surface area contributed by atoms with Gasteiger partial charge in [-0.1, -0.05) is 38.5 Å². The first-order valence-electron chi connectivity index (χ1n) is 12.0. The fraction of sp³-hybridized carbons (Fsp3) is 0.519. The molecule has 0 atom stereocenters. The highest BCUT2D eigenvalue weighted by Gasteiger charge is 2.36. The zero-order chi connectivity index (χ0) is 23.8. The van der Waals surface area contributed by atoms with Crippen LogP contribution in [0.15, 0.2) is 35.3 Å². The number of piperidine rings is 1. The zero-order valence-electron chi connectivity index (χ0n) is 20.2. The largest absolute Gasteiger partial charge is 0.351 e. The van der Waals surface area contributed by atoms with Gasteiger partial charge in [0.2, 0.25) is 0 Å². The molecule has 6 heteroatoms. The van der Waals surface area contributed by atoms with Crippen molar-refractivity contribution in [2.24, 2.45) is 11.3 Å². The van der Waals surface area contributed by atoms with Crippen LogP contribution in [0.4, 0.5) is 0 Å². The van der Waals surface area contributed by atoms with E-state index in [0.717, 1.165) is 31.1 Å². The average molecular weight is 450 g/mol. The van der Waals surface area contributed by atoms with Crippen LogP contribution in [0.5, 0.6) is 0 Å². The van der Waals surface area contributed by atoms with Crippen LogP contribution in [0.3, 0.4) is 0 Å². The molecule has 0 unspecified atom stereocenters. The maximum Gasteiger partial charge on any atom is 0.268 e. The van der Waals surface area contributed by atoms with Gasteiger partial charge in [0.1, 0.15) is 5.56 Å². The molecule has 6 nitrogen and oxygen atoms in total. The summed E-state index contributed by atoms with van der Waals surface area (Å²) in [7, 11) is 0. The van der Waals surface area contributed by atoms with Crippen LogP contribution in [0.2, 0.25) is 0 Å². The molecular weight excluding hydrogens is 414 g/mol. The minimum Gasteiger partial charge on any atom is -0.351 e. The van der Waals surface area contributed by atoms with E-state index < -0.39 is 0 Å². The lowest BCUT2D eigenvalue weighted by atomic mass is 9.73. The number of carbonyl (C=O) groups excluding carboxylic acids is 2. The van der Waals surface area contributed by atoms with E-state index in [1.54, 1.807) is 6.20 Å². The van der Waals surface area contributed by atoms with Gasteiger partial charge in [-0.15, -0.1) is 0 Å². The van der Waals surface area contributed by atoms with E-state index in [1.807, 2.05) is 45.0 Å². The molecule has 1 aromatic heterocycles. The summed E-state index contributed by atoms with van der Waals surface area (Å²) in [5.74, 6) is 0.361. The highest BCUT2D eigenvalue weighted by molar-refractivity contribution is 6.04. The third kappa shape index (κ3) is 5.11. The van der Waals surface area contributed by atoms with E-state index in [9.17, 15) is 14.4 Å². The number of carbonyl (C=O) groups is 2. The first-order chi connectivity index (χ1) is 15.6. The second-order valence-corrected chi connectivity index (χ2v) is 10.6. The van der Waals surface area contributed by atoms with Gasteiger partial charge in [-0.05, 0) is 68.3 Å². The van der Waals surface area contributed by atoms with Gasteiger partial charge in [-0.25, -0.2) is 0 Å². The maximum absolute atomic E-state index is 13.6. The maximum atomic E-state index is 13.6. The van der Waals surface area contributed by atoms with Crippen LogP contribution >= 0.6 is 0 Å². The molecule has 0 saturated carbocycles. The van der Waals surface area contributed by atoms with Crippen LogP contribution in [0.1, 0.15) is 71.9 Å². The topological polar surface area (TPSA) is 71.4 Å². The van der Waals surface area contributed by atoms with E-state index in [2.05, 4.69) is 17.1 Å². The lowest BCUT2D eigenvalue weighted by Crippen LogP contribution is -2.42. The molecule has 1 N–H and O–H groups in total. The van der Waals surface area contributed by atoms with Crippen molar-refractivity contribution < 1.29 is 9.59 Å². The quantitative estimate of drug-likeness (QED) is 0.754. The second-order valence-electron chi connectivity index (χ2n) is 10.6. The molecule has 1 fully saturated rings. The Labute approximate surface area is 196 Å². The average Bonchev–Trinajstić information content (AvgIpc) is 2.75. The molecule has 1 saturated heterocycles. The Bertz CT molecular complexity index is 1110. The summed E-state index contributed by atoms with van der Waals surface area (Å²) in [6, 6.07) is 7.54. The monoisotopic (exact) mass is 449 g/mol. The number of hydrogen-bond donors (Lipinski definition) is 1. The van der Waals surface area contributed by atoms with Crippen molar-refractivity contribution >= 4 is 11.7 Å². The third-order valence-corrected chi connectivity index (χ3v) is 7.04. The van der Waals surface area contributed by atoms with Crippen molar-refractivity contribution in [2.75, 3.05) is 26.2 Å². The molecule has 176 valence electrons. The van der Waals surface area contributed by atoms with Crippen molar-refractivity contribution in [3.63, 3.8) is 0 Å². The fourth-order valence-electron chi connectivity index (χ4n) is 4.98. The lowest BCUT2D eigenvalue weighted by molar-refractivity contribution is 0.0908. The molecule has 1 amide bonds. The number of benzene rings is 1. The number of fused-ring (bicyclic) bond motifs is 1. The van der Waals surface area contributed by atoms with Gasteiger partial charge >= 0.3 is 0 Å². The van der Waals surface area contributed by atoms with Crippen LogP contribution in [-0.4, -0.2) is 47.3 Å². The Balaban J connectivity index is 1.66. The highest BCUT2D eigenvalue weighted by Crippen LogP contribution is 2.35. The number of aryl methyl sites for hydroxylation is 1.